The molecule has 1 aromatic heterocycles. The van der Waals surface area contributed by atoms with Crippen molar-refractivity contribution < 1.29 is 4.74 Å². The van der Waals surface area contributed by atoms with Gasteiger partial charge in [-0.05, 0) is 48.9 Å². The highest BCUT2D eigenvalue weighted by Gasteiger charge is 2.19. The van der Waals surface area contributed by atoms with Gasteiger partial charge in [0.2, 0.25) is 0 Å². The minimum absolute atomic E-state index is 0.111. The Morgan fingerprint density at radius 2 is 1.78 bits per heavy atom. The van der Waals surface area contributed by atoms with Crippen LogP contribution in [0.25, 0.3) is 0 Å². The molecule has 0 aliphatic carbocycles. The normalized spacial score (nSPS) is 12.5. The van der Waals surface area contributed by atoms with Crippen molar-refractivity contribution in [2.75, 3.05) is 7.11 Å². The SMILES string of the molecule is COc1ccsc1C(N)c1c(C)cc(C)cc1C. The number of methoxy groups -OCH3 is 1. The van der Waals surface area contributed by atoms with Gasteiger partial charge in [-0.1, -0.05) is 17.7 Å². The third-order valence-corrected chi connectivity index (χ3v) is 4.19. The number of aryl methyl sites for hydroxylation is 3. The maximum Gasteiger partial charge on any atom is 0.134 e. The second-order valence-corrected chi connectivity index (χ2v) is 5.59. The van der Waals surface area contributed by atoms with Gasteiger partial charge in [0, 0.05) is 0 Å². The van der Waals surface area contributed by atoms with Gasteiger partial charge in [-0.25, -0.2) is 0 Å². The Bertz CT molecular complexity index is 536. The lowest BCUT2D eigenvalue weighted by atomic mass is 9.93. The summed E-state index contributed by atoms with van der Waals surface area (Å²) < 4.78 is 5.36. The topological polar surface area (TPSA) is 35.2 Å². The minimum atomic E-state index is -0.111. The number of thiophene rings is 1. The van der Waals surface area contributed by atoms with E-state index < -0.39 is 0 Å². The molecule has 2 N–H and O–H groups in total. The van der Waals surface area contributed by atoms with E-state index in [1.54, 1.807) is 18.4 Å². The Morgan fingerprint density at radius 3 is 2.33 bits per heavy atom. The van der Waals surface area contributed by atoms with Crippen molar-refractivity contribution in [3.05, 3.63) is 50.7 Å². The van der Waals surface area contributed by atoms with Gasteiger partial charge >= 0.3 is 0 Å². The van der Waals surface area contributed by atoms with E-state index in [0.717, 1.165) is 10.6 Å². The average Bonchev–Trinajstić information content (AvgIpc) is 2.75. The van der Waals surface area contributed by atoms with Crippen LogP contribution in [-0.2, 0) is 0 Å². The Morgan fingerprint density at radius 1 is 1.17 bits per heavy atom. The lowest BCUT2D eigenvalue weighted by Gasteiger charge is -2.18. The second kappa shape index (κ2) is 5.12. The molecule has 0 amide bonds. The van der Waals surface area contributed by atoms with Crippen molar-refractivity contribution >= 4 is 11.3 Å². The molecular formula is C15H19NOS. The van der Waals surface area contributed by atoms with Crippen LogP contribution in [0, 0.1) is 20.8 Å². The van der Waals surface area contributed by atoms with E-state index in [1.807, 2.05) is 11.4 Å². The molecule has 0 saturated heterocycles. The molecule has 0 fully saturated rings. The summed E-state index contributed by atoms with van der Waals surface area (Å²) in [5, 5.41) is 2.02. The molecule has 0 saturated carbocycles. The van der Waals surface area contributed by atoms with E-state index in [2.05, 4.69) is 32.9 Å². The summed E-state index contributed by atoms with van der Waals surface area (Å²) in [6.45, 7) is 6.35. The second-order valence-electron chi connectivity index (χ2n) is 4.64. The summed E-state index contributed by atoms with van der Waals surface area (Å²) in [7, 11) is 1.69. The van der Waals surface area contributed by atoms with Gasteiger partial charge in [0.25, 0.3) is 0 Å². The molecule has 18 heavy (non-hydrogen) atoms. The predicted molar refractivity (Wildman–Crippen MR) is 77.6 cm³/mol. The summed E-state index contributed by atoms with van der Waals surface area (Å²) in [6.07, 6.45) is 0. The van der Waals surface area contributed by atoms with E-state index >= 15 is 0 Å². The van der Waals surface area contributed by atoms with Crippen LogP contribution in [0.5, 0.6) is 5.75 Å². The fourth-order valence-corrected chi connectivity index (χ4v) is 3.39. The molecule has 1 unspecified atom stereocenters. The zero-order valence-electron chi connectivity index (χ0n) is 11.3. The van der Waals surface area contributed by atoms with Gasteiger partial charge in [0.05, 0.1) is 18.0 Å². The highest BCUT2D eigenvalue weighted by molar-refractivity contribution is 7.10. The molecule has 0 aliphatic heterocycles. The number of rotatable bonds is 3. The Hall–Kier alpha value is -1.32. The van der Waals surface area contributed by atoms with Crippen LogP contribution in [0.1, 0.15) is 33.2 Å². The molecule has 96 valence electrons. The van der Waals surface area contributed by atoms with Crippen LogP contribution in [-0.4, -0.2) is 7.11 Å². The van der Waals surface area contributed by atoms with Gasteiger partial charge in [-0.2, -0.15) is 0 Å². The van der Waals surface area contributed by atoms with E-state index in [4.69, 9.17) is 10.5 Å². The molecule has 3 heteroatoms. The van der Waals surface area contributed by atoms with Crippen LogP contribution in [0.2, 0.25) is 0 Å². The first-order valence-electron chi connectivity index (χ1n) is 5.99. The quantitative estimate of drug-likeness (QED) is 0.913. The monoisotopic (exact) mass is 261 g/mol. The first-order valence-corrected chi connectivity index (χ1v) is 6.87. The highest BCUT2D eigenvalue weighted by atomic mass is 32.1. The lowest BCUT2D eigenvalue weighted by Crippen LogP contribution is -2.14. The lowest BCUT2D eigenvalue weighted by molar-refractivity contribution is 0.410. The van der Waals surface area contributed by atoms with Crippen LogP contribution >= 0.6 is 11.3 Å². The van der Waals surface area contributed by atoms with Gasteiger partial charge in [-0.15, -0.1) is 11.3 Å². The van der Waals surface area contributed by atoms with Crippen LogP contribution < -0.4 is 10.5 Å². The smallest absolute Gasteiger partial charge is 0.134 e. The summed E-state index contributed by atoms with van der Waals surface area (Å²) in [5.74, 6) is 0.881. The first-order chi connectivity index (χ1) is 8.54. The molecule has 2 aromatic rings. The van der Waals surface area contributed by atoms with Crippen LogP contribution in [0.15, 0.2) is 23.6 Å². The Labute approximate surface area is 112 Å². The molecular weight excluding hydrogens is 242 g/mol. The maximum absolute atomic E-state index is 6.42. The van der Waals surface area contributed by atoms with Crippen molar-refractivity contribution in [2.45, 2.75) is 26.8 Å². The van der Waals surface area contributed by atoms with Gasteiger partial charge in [0.1, 0.15) is 5.75 Å². The largest absolute Gasteiger partial charge is 0.496 e. The molecule has 0 radical (unpaired) electrons. The minimum Gasteiger partial charge on any atom is -0.496 e. The number of hydrogen-bond acceptors (Lipinski definition) is 3. The van der Waals surface area contributed by atoms with Crippen molar-refractivity contribution in [3.63, 3.8) is 0 Å². The van der Waals surface area contributed by atoms with E-state index in [9.17, 15) is 0 Å². The number of hydrogen-bond donors (Lipinski definition) is 1. The van der Waals surface area contributed by atoms with E-state index in [0.29, 0.717) is 0 Å². The molecule has 0 spiro atoms. The molecule has 2 nitrogen and oxygen atoms in total. The molecule has 0 bridgehead atoms. The van der Waals surface area contributed by atoms with Crippen molar-refractivity contribution in [1.82, 2.24) is 0 Å². The molecule has 1 heterocycles. The van der Waals surface area contributed by atoms with Crippen molar-refractivity contribution in [1.29, 1.82) is 0 Å². The molecule has 1 atom stereocenters. The standard InChI is InChI=1S/C15H19NOS/c1-9-7-10(2)13(11(3)8-9)14(16)15-12(17-4)5-6-18-15/h5-8,14H,16H2,1-4H3. The van der Waals surface area contributed by atoms with Crippen LogP contribution in [0.3, 0.4) is 0 Å². The summed E-state index contributed by atoms with van der Waals surface area (Å²) >= 11 is 1.65. The predicted octanol–water partition coefficient (Wildman–Crippen LogP) is 3.73. The molecule has 2 rings (SSSR count). The third-order valence-electron chi connectivity index (χ3n) is 3.21. The van der Waals surface area contributed by atoms with Crippen molar-refractivity contribution in [2.24, 2.45) is 5.73 Å². The summed E-state index contributed by atoms with van der Waals surface area (Å²) in [5.41, 5.74) is 11.4. The maximum atomic E-state index is 6.42. The Kier molecular flexibility index (Phi) is 3.73. The first kappa shape index (κ1) is 13.1. The number of ether oxygens (including phenoxy) is 1. The zero-order valence-corrected chi connectivity index (χ0v) is 12.1. The molecule has 0 aliphatic rings. The average molecular weight is 261 g/mol. The van der Waals surface area contributed by atoms with Gasteiger partial charge < -0.3 is 10.5 Å². The van der Waals surface area contributed by atoms with E-state index in [1.165, 1.54) is 22.3 Å². The molecule has 1 aromatic carbocycles. The van der Waals surface area contributed by atoms with Gasteiger partial charge in [0.15, 0.2) is 0 Å². The summed E-state index contributed by atoms with van der Waals surface area (Å²) in [6, 6.07) is 6.23. The van der Waals surface area contributed by atoms with Gasteiger partial charge in [-0.3, -0.25) is 0 Å². The number of benzene rings is 1. The fourth-order valence-electron chi connectivity index (χ4n) is 2.52. The van der Waals surface area contributed by atoms with Crippen molar-refractivity contribution in [3.8, 4) is 5.75 Å². The number of nitrogens with two attached hydrogens (primary N) is 1. The zero-order chi connectivity index (χ0) is 13.3. The highest BCUT2D eigenvalue weighted by Crippen LogP contribution is 2.35. The van der Waals surface area contributed by atoms with E-state index in [-0.39, 0.29) is 6.04 Å². The fraction of sp³-hybridized carbons (Fsp3) is 0.333. The van der Waals surface area contributed by atoms with Crippen LogP contribution in [0.4, 0.5) is 0 Å². The third kappa shape index (κ3) is 2.28. The summed E-state index contributed by atoms with van der Waals surface area (Å²) in [4.78, 5) is 1.09. The Balaban J connectivity index is 2.49.